The van der Waals surface area contributed by atoms with E-state index in [1.54, 1.807) is 25.2 Å². The smallest absolute Gasteiger partial charge is 0.317 e. The van der Waals surface area contributed by atoms with E-state index in [4.69, 9.17) is 14.3 Å². The van der Waals surface area contributed by atoms with Crippen LogP contribution in [0, 0.1) is 0 Å². The summed E-state index contributed by atoms with van der Waals surface area (Å²) in [5.74, 6) is 0.989. The highest BCUT2D eigenvalue weighted by molar-refractivity contribution is 6.39. The highest BCUT2D eigenvalue weighted by Gasteiger charge is 2.44. The number of nitrogens with one attached hydrogen (secondary N) is 2. The molecular weight excluding hydrogens is 448 g/mol. The van der Waals surface area contributed by atoms with Crippen LogP contribution in [0.15, 0.2) is 53.7 Å². The molecule has 9 heteroatoms. The molecule has 0 bridgehead atoms. The molecule has 4 rings (SSSR count). The monoisotopic (exact) mass is 480 g/mol. The molecule has 0 saturated carbocycles. The number of nitrogens with zero attached hydrogens (tertiary/aromatic N) is 2. The summed E-state index contributed by atoms with van der Waals surface area (Å²) in [4.78, 5) is 32.7. The molecular formula is C26H32N4O5. The lowest BCUT2D eigenvalue weighted by Gasteiger charge is -2.37. The molecule has 9 nitrogen and oxygen atoms in total. The lowest BCUT2D eigenvalue weighted by molar-refractivity contribution is -0.115. The number of hydrogen-bond acceptors (Lipinski definition) is 6. The average Bonchev–Trinajstić information content (AvgIpc) is 3.31. The molecule has 0 aliphatic carbocycles. The van der Waals surface area contributed by atoms with Crippen LogP contribution in [0.1, 0.15) is 30.4 Å². The number of methoxy groups -OCH3 is 2. The minimum atomic E-state index is -0.517. The number of hydrogen-bond donors (Lipinski definition) is 2. The van der Waals surface area contributed by atoms with Crippen LogP contribution in [0.5, 0.6) is 11.5 Å². The Hall–Kier alpha value is -3.75. The van der Waals surface area contributed by atoms with E-state index in [1.165, 1.54) is 5.56 Å². The summed E-state index contributed by atoms with van der Waals surface area (Å²) in [6.07, 6.45) is 2.50. The van der Waals surface area contributed by atoms with Crippen molar-refractivity contribution < 1.29 is 23.9 Å². The molecule has 2 aromatic carbocycles. The van der Waals surface area contributed by atoms with Crippen molar-refractivity contribution in [1.82, 2.24) is 15.5 Å². The zero-order chi connectivity index (χ0) is 24.7. The summed E-state index contributed by atoms with van der Waals surface area (Å²) in [5, 5.41) is 9.97. The predicted octanol–water partition coefficient (Wildman–Crippen LogP) is 2.88. The molecule has 1 spiro atoms. The first-order chi connectivity index (χ1) is 17.0. The van der Waals surface area contributed by atoms with Gasteiger partial charge in [0, 0.05) is 45.4 Å². The Bertz CT molecular complexity index is 1060. The number of urea groups is 1. The molecule has 35 heavy (non-hydrogen) atoms. The molecule has 2 aliphatic heterocycles. The van der Waals surface area contributed by atoms with Gasteiger partial charge in [-0.3, -0.25) is 4.79 Å². The second-order valence-corrected chi connectivity index (χ2v) is 8.82. The van der Waals surface area contributed by atoms with Gasteiger partial charge in [0.25, 0.3) is 5.91 Å². The van der Waals surface area contributed by atoms with E-state index < -0.39 is 5.60 Å². The quantitative estimate of drug-likeness (QED) is 0.605. The second-order valence-electron chi connectivity index (χ2n) is 8.82. The van der Waals surface area contributed by atoms with E-state index in [0.29, 0.717) is 62.7 Å². The van der Waals surface area contributed by atoms with Crippen LogP contribution < -0.4 is 20.1 Å². The van der Waals surface area contributed by atoms with Crippen molar-refractivity contribution in [3.05, 3.63) is 59.7 Å². The number of oxime groups is 1. The Morgan fingerprint density at radius 3 is 2.46 bits per heavy atom. The first kappa shape index (κ1) is 24.4. The molecule has 0 unspecified atom stereocenters. The third-order valence-electron chi connectivity index (χ3n) is 6.50. The third-order valence-corrected chi connectivity index (χ3v) is 6.50. The number of rotatable bonds is 8. The molecule has 2 aliphatic rings. The summed E-state index contributed by atoms with van der Waals surface area (Å²) in [5.41, 5.74) is 1.94. The number of likely N-dealkylation sites (tertiary alicyclic amines) is 1. The molecule has 2 N–H and O–H groups in total. The molecule has 0 aromatic heterocycles. The van der Waals surface area contributed by atoms with Gasteiger partial charge in [-0.1, -0.05) is 41.6 Å². The average molecular weight is 481 g/mol. The maximum atomic E-state index is 12.7. The highest BCUT2D eigenvalue weighted by atomic mass is 16.7. The summed E-state index contributed by atoms with van der Waals surface area (Å²) < 4.78 is 10.6. The van der Waals surface area contributed by atoms with Gasteiger partial charge in [0.05, 0.1) is 14.2 Å². The maximum Gasteiger partial charge on any atom is 0.317 e. The number of ether oxygens (including phenoxy) is 2. The molecule has 2 heterocycles. The standard InChI is InChI=1S/C26H32N4O5/c1-33-22-9-8-20(16-23(22)34-2)18-28-24(31)21-17-26(35-29-21)11-14-30(15-12-26)25(32)27-13-10-19-6-4-3-5-7-19/h3-9,16H,10-15,17-18H2,1-2H3,(H,27,32)(H,28,31). The minimum Gasteiger partial charge on any atom is -0.493 e. The van der Waals surface area contributed by atoms with Gasteiger partial charge in [-0.25, -0.2) is 4.79 Å². The highest BCUT2D eigenvalue weighted by Crippen LogP contribution is 2.34. The number of benzene rings is 2. The van der Waals surface area contributed by atoms with Crippen molar-refractivity contribution in [1.29, 1.82) is 0 Å². The molecule has 2 aromatic rings. The first-order valence-corrected chi connectivity index (χ1v) is 11.8. The fourth-order valence-corrected chi connectivity index (χ4v) is 4.37. The van der Waals surface area contributed by atoms with Gasteiger partial charge >= 0.3 is 6.03 Å². The number of carbonyl (C=O) groups excluding carboxylic acids is 2. The molecule has 0 atom stereocenters. The first-order valence-electron chi connectivity index (χ1n) is 11.8. The van der Waals surface area contributed by atoms with Crippen LogP contribution in [0.3, 0.4) is 0 Å². The lowest BCUT2D eigenvalue weighted by Crippen LogP contribution is -2.50. The van der Waals surface area contributed by atoms with Crippen LogP contribution in [-0.2, 0) is 22.6 Å². The summed E-state index contributed by atoms with van der Waals surface area (Å²) >= 11 is 0. The SMILES string of the molecule is COc1ccc(CNC(=O)C2=NOC3(CCN(C(=O)NCCc4ccccc4)CC3)C2)cc1OC. The van der Waals surface area contributed by atoms with Crippen LogP contribution in [-0.4, -0.2) is 62.0 Å². The van der Waals surface area contributed by atoms with Crippen molar-refractivity contribution in [3.8, 4) is 11.5 Å². The van der Waals surface area contributed by atoms with Crippen molar-refractivity contribution >= 4 is 17.6 Å². The second kappa shape index (κ2) is 11.1. The van der Waals surface area contributed by atoms with Crippen molar-refractivity contribution in [2.75, 3.05) is 33.9 Å². The fraction of sp³-hybridized carbons (Fsp3) is 0.423. The number of carbonyl (C=O) groups is 2. The van der Waals surface area contributed by atoms with Crippen LogP contribution >= 0.6 is 0 Å². The Labute approximate surface area is 205 Å². The molecule has 1 fully saturated rings. The molecule has 1 saturated heterocycles. The van der Waals surface area contributed by atoms with E-state index in [2.05, 4.69) is 27.9 Å². The van der Waals surface area contributed by atoms with E-state index in [1.807, 2.05) is 30.3 Å². The van der Waals surface area contributed by atoms with Crippen molar-refractivity contribution in [2.45, 2.75) is 37.8 Å². The zero-order valence-corrected chi connectivity index (χ0v) is 20.2. The Balaban J connectivity index is 1.20. The topological polar surface area (TPSA) is 101 Å². The minimum absolute atomic E-state index is 0.0671. The third kappa shape index (κ3) is 6.03. The Kier molecular flexibility index (Phi) is 7.74. The van der Waals surface area contributed by atoms with Gasteiger partial charge in [-0.2, -0.15) is 0 Å². The van der Waals surface area contributed by atoms with E-state index >= 15 is 0 Å². The van der Waals surface area contributed by atoms with Crippen molar-refractivity contribution in [3.63, 3.8) is 0 Å². The van der Waals surface area contributed by atoms with E-state index in [0.717, 1.165) is 12.0 Å². The van der Waals surface area contributed by atoms with Gasteiger partial charge < -0.3 is 29.8 Å². The van der Waals surface area contributed by atoms with Gasteiger partial charge in [-0.15, -0.1) is 0 Å². The van der Waals surface area contributed by atoms with Crippen LogP contribution in [0.4, 0.5) is 4.79 Å². The van der Waals surface area contributed by atoms with E-state index in [9.17, 15) is 9.59 Å². The molecule has 0 radical (unpaired) electrons. The summed E-state index contributed by atoms with van der Waals surface area (Å²) in [7, 11) is 3.15. The lowest BCUT2D eigenvalue weighted by atomic mass is 9.87. The fourth-order valence-electron chi connectivity index (χ4n) is 4.37. The summed E-state index contributed by atoms with van der Waals surface area (Å²) in [6, 6.07) is 15.5. The molecule has 3 amide bonds. The normalized spacial score (nSPS) is 16.3. The van der Waals surface area contributed by atoms with Gasteiger partial charge in [0.2, 0.25) is 0 Å². The van der Waals surface area contributed by atoms with Gasteiger partial charge in [0.1, 0.15) is 11.3 Å². The van der Waals surface area contributed by atoms with Gasteiger partial charge in [0.15, 0.2) is 11.5 Å². The van der Waals surface area contributed by atoms with Crippen molar-refractivity contribution in [2.24, 2.45) is 5.16 Å². The maximum absolute atomic E-state index is 12.7. The molecule has 186 valence electrons. The van der Waals surface area contributed by atoms with E-state index in [-0.39, 0.29) is 11.9 Å². The number of piperidine rings is 1. The van der Waals surface area contributed by atoms with Gasteiger partial charge in [-0.05, 0) is 29.7 Å². The van der Waals surface area contributed by atoms with Crippen LogP contribution in [0.2, 0.25) is 0 Å². The zero-order valence-electron chi connectivity index (χ0n) is 20.2. The summed E-state index contributed by atoms with van der Waals surface area (Å²) in [6.45, 7) is 2.05. The van der Waals surface area contributed by atoms with Crippen LogP contribution in [0.25, 0.3) is 0 Å². The predicted molar refractivity (Wildman–Crippen MR) is 132 cm³/mol. The largest absolute Gasteiger partial charge is 0.493 e. The number of amides is 3. The Morgan fingerprint density at radius 2 is 1.74 bits per heavy atom. The Morgan fingerprint density at radius 1 is 1.00 bits per heavy atom.